The van der Waals surface area contributed by atoms with Gasteiger partial charge in [-0.3, -0.25) is 0 Å². The molecule has 0 radical (unpaired) electrons. The lowest BCUT2D eigenvalue weighted by Gasteiger charge is -2.29. The average molecular weight is 286 g/mol. The number of hydrogen-bond donors (Lipinski definition) is 1. The minimum absolute atomic E-state index is 0.189. The molecule has 19 heavy (non-hydrogen) atoms. The van der Waals surface area contributed by atoms with Gasteiger partial charge in [0.2, 0.25) is 0 Å². The minimum Gasteiger partial charge on any atom is -0.388 e. The highest BCUT2D eigenvalue weighted by atomic mass is 32.2. The number of hydrogen-bond acceptors (Lipinski definition) is 3. The predicted molar refractivity (Wildman–Crippen MR) is 72.3 cm³/mol. The van der Waals surface area contributed by atoms with Crippen LogP contribution in [0.4, 0.5) is 4.39 Å². The van der Waals surface area contributed by atoms with Gasteiger partial charge in [0.1, 0.15) is 5.82 Å². The molecule has 0 heterocycles. The molecule has 0 bridgehead atoms. The van der Waals surface area contributed by atoms with Gasteiger partial charge >= 0.3 is 0 Å². The second-order valence-electron chi connectivity index (χ2n) is 5.56. The summed E-state index contributed by atoms with van der Waals surface area (Å²) in [5.74, 6) is -0.363. The lowest BCUT2D eigenvalue weighted by atomic mass is 9.90. The summed E-state index contributed by atoms with van der Waals surface area (Å²) in [4.78, 5) is 0. The van der Waals surface area contributed by atoms with Gasteiger partial charge in [0.15, 0.2) is 9.84 Å². The quantitative estimate of drug-likeness (QED) is 0.924. The Morgan fingerprint density at radius 2 is 2.16 bits per heavy atom. The van der Waals surface area contributed by atoms with E-state index in [1.54, 1.807) is 6.07 Å². The number of benzene rings is 1. The lowest BCUT2D eigenvalue weighted by molar-refractivity contribution is 0.0510. The average Bonchev–Trinajstić information content (AvgIpc) is 2.65. The number of rotatable bonds is 3. The number of halogens is 1. The Morgan fingerprint density at radius 1 is 1.47 bits per heavy atom. The van der Waals surface area contributed by atoms with Crippen molar-refractivity contribution in [1.82, 2.24) is 0 Å². The van der Waals surface area contributed by atoms with Gasteiger partial charge in [-0.1, -0.05) is 6.07 Å². The number of sulfone groups is 1. The zero-order valence-corrected chi connectivity index (χ0v) is 12.0. The third-order valence-corrected chi connectivity index (χ3v) is 5.71. The van der Waals surface area contributed by atoms with Crippen LogP contribution in [0.2, 0.25) is 0 Å². The largest absolute Gasteiger partial charge is 0.388 e. The van der Waals surface area contributed by atoms with Crippen LogP contribution in [0.3, 0.4) is 0 Å². The maximum atomic E-state index is 13.3. The highest BCUT2D eigenvalue weighted by Gasteiger charge is 2.46. The van der Waals surface area contributed by atoms with Gasteiger partial charge in [-0.2, -0.15) is 0 Å². The molecular formula is C14H19FO3S. The van der Waals surface area contributed by atoms with Crippen LogP contribution in [0.15, 0.2) is 18.2 Å². The zero-order chi connectivity index (χ0) is 14.3. The first-order valence-electron chi connectivity index (χ1n) is 6.39. The molecule has 1 fully saturated rings. The molecule has 2 atom stereocenters. The minimum atomic E-state index is -3.30. The molecule has 5 heteroatoms. The third kappa shape index (κ3) is 2.98. The van der Waals surface area contributed by atoms with Crippen LogP contribution in [0.5, 0.6) is 0 Å². The fourth-order valence-electron chi connectivity index (χ4n) is 3.00. The van der Waals surface area contributed by atoms with Crippen LogP contribution >= 0.6 is 0 Å². The highest BCUT2D eigenvalue weighted by molar-refractivity contribution is 7.91. The Bertz CT molecular complexity index is 582. The van der Waals surface area contributed by atoms with Gasteiger partial charge in [-0.25, -0.2) is 12.8 Å². The van der Waals surface area contributed by atoms with Gasteiger partial charge in [-0.05, 0) is 49.4 Å². The Labute approximate surface area is 113 Å². The first-order valence-corrected chi connectivity index (χ1v) is 8.34. The summed E-state index contributed by atoms with van der Waals surface area (Å²) in [7, 11) is -3.30. The Balaban J connectivity index is 2.33. The topological polar surface area (TPSA) is 54.4 Å². The molecular weight excluding hydrogens is 267 g/mol. The van der Waals surface area contributed by atoms with E-state index < -0.39 is 20.7 Å². The van der Waals surface area contributed by atoms with E-state index in [4.69, 9.17) is 0 Å². The predicted octanol–water partition coefficient (Wildman–Crippen LogP) is 2.00. The fourth-order valence-corrected chi connectivity index (χ4v) is 4.59. The molecule has 1 N–H and O–H groups in total. The van der Waals surface area contributed by atoms with Crippen molar-refractivity contribution >= 4 is 9.84 Å². The Hall–Kier alpha value is -0.940. The molecule has 0 aliphatic heterocycles. The van der Waals surface area contributed by atoms with Crippen molar-refractivity contribution < 1.29 is 17.9 Å². The van der Waals surface area contributed by atoms with E-state index in [1.807, 2.05) is 6.92 Å². The molecule has 106 valence electrons. The first-order chi connectivity index (χ1) is 8.72. The summed E-state index contributed by atoms with van der Waals surface area (Å²) in [6.07, 6.45) is 2.95. The van der Waals surface area contributed by atoms with E-state index in [-0.39, 0.29) is 12.2 Å². The SMILES string of the molecule is Cc1ccc(F)cc1CC1(O)CCCC1S(C)(=O)=O. The van der Waals surface area contributed by atoms with Crippen LogP contribution < -0.4 is 0 Å². The summed E-state index contributed by atoms with van der Waals surface area (Å²) >= 11 is 0. The molecule has 1 aromatic rings. The van der Waals surface area contributed by atoms with E-state index in [0.29, 0.717) is 24.8 Å². The maximum Gasteiger partial charge on any atom is 0.153 e. The molecule has 1 aromatic carbocycles. The third-order valence-electron chi connectivity index (χ3n) is 4.00. The number of aryl methyl sites for hydroxylation is 1. The van der Waals surface area contributed by atoms with Gasteiger partial charge in [0.05, 0.1) is 10.9 Å². The monoisotopic (exact) mass is 286 g/mol. The van der Waals surface area contributed by atoms with Crippen LogP contribution in [0.1, 0.15) is 30.4 Å². The van der Waals surface area contributed by atoms with Crippen molar-refractivity contribution in [3.8, 4) is 0 Å². The van der Waals surface area contributed by atoms with Crippen LogP contribution in [-0.2, 0) is 16.3 Å². The molecule has 1 aliphatic rings. The van der Waals surface area contributed by atoms with E-state index in [2.05, 4.69) is 0 Å². The van der Waals surface area contributed by atoms with Crippen LogP contribution in [0, 0.1) is 12.7 Å². The van der Waals surface area contributed by atoms with Crippen molar-refractivity contribution in [2.45, 2.75) is 43.5 Å². The first kappa shape index (κ1) is 14.5. The second kappa shape index (κ2) is 4.87. The van der Waals surface area contributed by atoms with Gasteiger partial charge < -0.3 is 5.11 Å². The zero-order valence-electron chi connectivity index (χ0n) is 11.2. The van der Waals surface area contributed by atoms with Crippen molar-refractivity contribution in [3.05, 3.63) is 35.1 Å². The second-order valence-corrected chi connectivity index (χ2v) is 7.79. The Kier molecular flexibility index (Phi) is 3.71. The van der Waals surface area contributed by atoms with Gasteiger partial charge in [0.25, 0.3) is 0 Å². The molecule has 2 rings (SSSR count). The molecule has 3 nitrogen and oxygen atoms in total. The van der Waals surface area contributed by atoms with Crippen molar-refractivity contribution in [1.29, 1.82) is 0 Å². The summed E-state index contributed by atoms with van der Waals surface area (Å²) < 4.78 is 36.8. The van der Waals surface area contributed by atoms with E-state index in [1.165, 1.54) is 12.1 Å². The van der Waals surface area contributed by atoms with Crippen molar-refractivity contribution in [2.75, 3.05) is 6.26 Å². The smallest absolute Gasteiger partial charge is 0.153 e. The summed E-state index contributed by atoms with van der Waals surface area (Å²) in [5.41, 5.74) is 0.276. The molecule has 0 spiro atoms. The fraction of sp³-hybridized carbons (Fsp3) is 0.571. The van der Waals surface area contributed by atoms with Crippen LogP contribution in [0.25, 0.3) is 0 Å². The lowest BCUT2D eigenvalue weighted by Crippen LogP contribution is -2.44. The van der Waals surface area contributed by atoms with E-state index in [0.717, 1.165) is 11.8 Å². The maximum absolute atomic E-state index is 13.3. The van der Waals surface area contributed by atoms with Crippen molar-refractivity contribution in [2.24, 2.45) is 0 Å². The molecule has 1 aliphatic carbocycles. The molecule has 0 saturated heterocycles. The number of aliphatic hydroxyl groups is 1. The van der Waals surface area contributed by atoms with Gasteiger partial charge in [0, 0.05) is 12.7 Å². The summed E-state index contributed by atoms with van der Waals surface area (Å²) in [6, 6.07) is 4.40. The molecule has 0 aromatic heterocycles. The molecule has 2 unspecified atom stereocenters. The standard InChI is InChI=1S/C14H19FO3S/c1-10-5-6-12(15)8-11(10)9-14(16)7-3-4-13(14)19(2,17)18/h5-6,8,13,16H,3-4,7,9H2,1-2H3. The van der Waals surface area contributed by atoms with Crippen LogP contribution in [-0.4, -0.2) is 30.6 Å². The summed E-state index contributed by atoms with van der Waals surface area (Å²) in [5, 5.41) is 9.91. The summed E-state index contributed by atoms with van der Waals surface area (Å²) in [6.45, 7) is 1.84. The van der Waals surface area contributed by atoms with Gasteiger partial charge in [-0.15, -0.1) is 0 Å². The van der Waals surface area contributed by atoms with Crippen molar-refractivity contribution in [3.63, 3.8) is 0 Å². The highest BCUT2D eigenvalue weighted by Crippen LogP contribution is 2.37. The van der Waals surface area contributed by atoms with E-state index in [9.17, 15) is 17.9 Å². The normalized spacial score (nSPS) is 27.7. The molecule has 1 saturated carbocycles. The Morgan fingerprint density at radius 3 is 2.79 bits per heavy atom. The molecule has 0 amide bonds. The van der Waals surface area contributed by atoms with E-state index >= 15 is 0 Å².